The Bertz CT molecular complexity index is 612. The molecule has 0 spiro atoms. The van der Waals surface area contributed by atoms with E-state index in [9.17, 15) is 0 Å². The number of aryl methyl sites for hydroxylation is 1. The Hall–Kier alpha value is -1.42. The maximum absolute atomic E-state index is 5.61. The highest BCUT2D eigenvalue weighted by atomic mass is 32.1. The molecular weight excluding hydrogens is 254 g/mol. The van der Waals surface area contributed by atoms with Crippen molar-refractivity contribution in [2.75, 3.05) is 18.1 Å². The van der Waals surface area contributed by atoms with Gasteiger partial charge in [0.15, 0.2) is 5.65 Å². The lowest BCUT2D eigenvalue weighted by atomic mass is 10.2. The SMILES string of the molecule is CCCN(CCC)n1c(=S)c(C)cc2cccnc21. The first-order valence-corrected chi connectivity index (χ1v) is 7.32. The van der Waals surface area contributed by atoms with Crippen LogP contribution in [0, 0.1) is 11.6 Å². The van der Waals surface area contributed by atoms with Gasteiger partial charge in [-0.25, -0.2) is 9.66 Å². The van der Waals surface area contributed by atoms with E-state index in [1.165, 1.54) is 0 Å². The fourth-order valence-electron chi connectivity index (χ4n) is 2.35. The van der Waals surface area contributed by atoms with Gasteiger partial charge in [0.05, 0.1) is 0 Å². The van der Waals surface area contributed by atoms with E-state index in [4.69, 9.17) is 12.2 Å². The summed E-state index contributed by atoms with van der Waals surface area (Å²) in [6, 6.07) is 6.19. The highest BCUT2D eigenvalue weighted by Gasteiger charge is 2.10. The first-order valence-electron chi connectivity index (χ1n) is 6.91. The van der Waals surface area contributed by atoms with Crippen molar-refractivity contribution in [3.05, 3.63) is 34.6 Å². The van der Waals surface area contributed by atoms with Gasteiger partial charge in [0.25, 0.3) is 0 Å². The lowest BCUT2D eigenvalue weighted by molar-refractivity contribution is 0.572. The van der Waals surface area contributed by atoms with Gasteiger partial charge in [0.2, 0.25) is 0 Å². The second-order valence-corrected chi connectivity index (χ2v) is 5.20. The van der Waals surface area contributed by atoms with Crippen molar-refractivity contribution in [2.45, 2.75) is 33.6 Å². The number of rotatable bonds is 5. The van der Waals surface area contributed by atoms with Crippen molar-refractivity contribution in [2.24, 2.45) is 0 Å². The Morgan fingerprint density at radius 2 is 1.95 bits per heavy atom. The summed E-state index contributed by atoms with van der Waals surface area (Å²) >= 11 is 5.61. The van der Waals surface area contributed by atoms with Gasteiger partial charge in [-0.15, -0.1) is 0 Å². The van der Waals surface area contributed by atoms with E-state index in [0.717, 1.165) is 47.2 Å². The molecule has 2 aromatic rings. The molecule has 102 valence electrons. The molecular formula is C15H21N3S. The molecule has 3 nitrogen and oxygen atoms in total. The average Bonchev–Trinajstić information content (AvgIpc) is 2.40. The molecule has 0 aromatic carbocycles. The van der Waals surface area contributed by atoms with E-state index in [-0.39, 0.29) is 0 Å². The minimum absolute atomic E-state index is 0.869. The zero-order valence-electron chi connectivity index (χ0n) is 11.9. The van der Waals surface area contributed by atoms with Crippen molar-refractivity contribution in [3.8, 4) is 0 Å². The smallest absolute Gasteiger partial charge is 0.159 e. The molecule has 0 aliphatic heterocycles. The Kier molecular flexibility index (Phi) is 4.53. The lowest BCUT2D eigenvalue weighted by Crippen LogP contribution is -2.37. The number of nitrogens with zero attached hydrogens (tertiary/aromatic N) is 3. The van der Waals surface area contributed by atoms with Crippen LogP contribution in [-0.4, -0.2) is 22.7 Å². The summed E-state index contributed by atoms with van der Waals surface area (Å²) in [4.78, 5) is 4.52. The Morgan fingerprint density at radius 3 is 2.58 bits per heavy atom. The standard InChI is InChI=1S/C15H21N3S/c1-4-9-17(10-5-2)18-14-13(7-6-8-16-14)11-12(3)15(18)19/h6-8,11H,4-5,9-10H2,1-3H3. The van der Waals surface area contributed by atoms with E-state index in [2.05, 4.69) is 47.6 Å². The molecule has 0 radical (unpaired) electrons. The summed E-state index contributed by atoms with van der Waals surface area (Å²) in [5, 5.41) is 3.45. The van der Waals surface area contributed by atoms with Crippen LogP contribution < -0.4 is 5.01 Å². The fourth-order valence-corrected chi connectivity index (χ4v) is 2.61. The van der Waals surface area contributed by atoms with Crippen molar-refractivity contribution >= 4 is 23.3 Å². The maximum atomic E-state index is 5.61. The molecule has 0 saturated carbocycles. The van der Waals surface area contributed by atoms with Gasteiger partial charge in [-0.3, -0.25) is 0 Å². The number of fused-ring (bicyclic) bond motifs is 1. The van der Waals surface area contributed by atoms with Crippen LogP contribution in [-0.2, 0) is 0 Å². The third-order valence-electron chi connectivity index (χ3n) is 3.17. The Morgan fingerprint density at radius 1 is 1.26 bits per heavy atom. The topological polar surface area (TPSA) is 21.1 Å². The Labute approximate surface area is 119 Å². The van der Waals surface area contributed by atoms with E-state index < -0.39 is 0 Å². The van der Waals surface area contributed by atoms with E-state index >= 15 is 0 Å². The average molecular weight is 275 g/mol. The van der Waals surface area contributed by atoms with Crippen LogP contribution >= 0.6 is 12.2 Å². The van der Waals surface area contributed by atoms with Gasteiger partial charge in [-0.1, -0.05) is 26.1 Å². The van der Waals surface area contributed by atoms with Gasteiger partial charge in [0.1, 0.15) is 4.64 Å². The zero-order valence-corrected chi connectivity index (χ0v) is 12.7. The molecule has 0 fully saturated rings. The fraction of sp³-hybridized carbons (Fsp3) is 0.467. The van der Waals surface area contributed by atoms with E-state index in [1.807, 2.05) is 12.3 Å². The Balaban J connectivity index is 2.68. The number of pyridine rings is 2. The summed E-state index contributed by atoms with van der Waals surface area (Å²) < 4.78 is 2.99. The van der Waals surface area contributed by atoms with Crippen LogP contribution in [0.4, 0.5) is 0 Å². The van der Waals surface area contributed by atoms with Crippen LogP contribution in [0.25, 0.3) is 11.0 Å². The molecule has 0 bridgehead atoms. The predicted molar refractivity (Wildman–Crippen MR) is 83.8 cm³/mol. The van der Waals surface area contributed by atoms with Crippen LogP contribution in [0.1, 0.15) is 32.3 Å². The van der Waals surface area contributed by atoms with Gasteiger partial charge < -0.3 is 5.01 Å². The highest BCUT2D eigenvalue weighted by molar-refractivity contribution is 7.71. The summed E-state index contributed by atoms with van der Waals surface area (Å²) in [5.41, 5.74) is 2.09. The van der Waals surface area contributed by atoms with Crippen molar-refractivity contribution in [1.29, 1.82) is 0 Å². The normalized spacial score (nSPS) is 10.9. The second-order valence-electron chi connectivity index (χ2n) is 4.81. The maximum Gasteiger partial charge on any atom is 0.159 e. The molecule has 2 rings (SSSR count). The van der Waals surface area contributed by atoms with Gasteiger partial charge in [0, 0.05) is 24.7 Å². The molecule has 4 heteroatoms. The molecule has 0 aliphatic rings. The minimum Gasteiger partial charge on any atom is -0.310 e. The monoisotopic (exact) mass is 275 g/mol. The molecule has 2 heterocycles. The number of hydrogen-bond acceptors (Lipinski definition) is 3. The van der Waals surface area contributed by atoms with Crippen LogP contribution in [0.15, 0.2) is 24.4 Å². The quantitative estimate of drug-likeness (QED) is 0.774. The highest BCUT2D eigenvalue weighted by Crippen LogP contribution is 2.16. The van der Waals surface area contributed by atoms with E-state index in [0.29, 0.717) is 0 Å². The van der Waals surface area contributed by atoms with Crippen molar-refractivity contribution in [3.63, 3.8) is 0 Å². The molecule has 0 aliphatic carbocycles. The summed E-state index contributed by atoms with van der Waals surface area (Å²) in [6.07, 6.45) is 4.03. The van der Waals surface area contributed by atoms with Crippen LogP contribution in [0.2, 0.25) is 0 Å². The molecule has 0 saturated heterocycles. The summed E-state index contributed by atoms with van der Waals surface area (Å²) in [5.74, 6) is 0. The largest absolute Gasteiger partial charge is 0.310 e. The molecule has 0 unspecified atom stereocenters. The summed E-state index contributed by atoms with van der Waals surface area (Å²) in [6.45, 7) is 8.45. The van der Waals surface area contributed by atoms with Gasteiger partial charge >= 0.3 is 0 Å². The molecule has 2 aromatic heterocycles. The van der Waals surface area contributed by atoms with Crippen molar-refractivity contribution < 1.29 is 0 Å². The number of aromatic nitrogens is 2. The van der Waals surface area contributed by atoms with Gasteiger partial charge in [-0.05, 0) is 43.5 Å². The zero-order chi connectivity index (χ0) is 13.8. The third kappa shape index (κ3) is 2.78. The van der Waals surface area contributed by atoms with E-state index in [1.54, 1.807) is 0 Å². The molecule has 0 atom stereocenters. The molecule has 0 amide bonds. The first kappa shape index (κ1) is 14.0. The molecule has 19 heavy (non-hydrogen) atoms. The first-order chi connectivity index (χ1) is 9.19. The molecule has 0 N–H and O–H groups in total. The van der Waals surface area contributed by atoms with Gasteiger partial charge in [-0.2, -0.15) is 0 Å². The van der Waals surface area contributed by atoms with Crippen molar-refractivity contribution in [1.82, 2.24) is 9.66 Å². The minimum atomic E-state index is 0.869. The third-order valence-corrected chi connectivity index (χ3v) is 3.66. The predicted octanol–water partition coefficient (Wildman–Crippen LogP) is 3.83. The lowest BCUT2D eigenvalue weighted by Gasteiger charge is -2.28. The van der Waals surface area contributed by atoms with Crippen LogP contribution in [0.5, 0.6) is 0 Å². The summed E-state index contributed by atoms with van der Waals surface area (Å²) in [7, 11) is 0. The second kappa shape index (κ2) is 6.15. The number of hydrogen-bond donors (Lipinski definition) is 0. The van der Waals surface area contributed by atoms with Crippen LogP contribution in [0.3, 0.4) is 0 Å².